The lowest BCUT2D eigenvalue weighted by Gasteiger charge is -2.14. The molecule has 0 fully saturated rings. The molecule has 0 saturated heterocycles. The largest absolute Gasteiger partial charge is 0.461 e. The number of rotatable bonds is 6. The van der Waals surface area contributed by atoms with Gasteiger partial charge in [-0.1, -0.05) is 42.4 Å². The molecule has 5 nitrogen and oxygen atoms in total. The summed E-state index contributed by atoms with van der Waals surface area (Å²) in [7, 11) is 0. The molecular weight excluding hydrogens is 292 g/mol. The molecule has 0 bridgehead atoms. The van der Waals surface area contributed by atoms with Gasteiger partial charge in [-0.05, 0) is 24.1 Å². The molecule has 1 amide bonds. The number of carbonyl (C=O) groups is 1. The molecule has 118 valence electrons. The zero-order valence-electron chi connectivity index (χ0n) is 12.9. The van der Waals surface area contributed by atoms with Crippen LogP contribution < -0.4 is 5.32 Å². The second kappa shape index (κ2) is 6.96. The van der Waals surface area contributed by atoms with Gasteiger partial charge in [-0.15, -0.1) is 0 Å². The number of benzene rings is 1. The van der Waals surface area contributed by atoms with Gasteiger partial charge in [-0.25, -0.2) is 0 Å². The van der Waals surface area contributed by atoms with Gasteiger partial charge >= 0.3 is 0 Å². The van der Waals surface area contributed by atoms with E-state index in [1.165, 1.54) is 0 Å². The first-order valence-electron chi connectivity index (χ1n) is 7.60. The summed E-state index contributed by atoms with van der Waals surface area (Å²) in [5.41, 5.74) is 1.68. The van der Waals surface area contributed by atoms with Crippen LogP contribution in [0.5, 0.6) is 0 Å². The van der Waals surface area contributed by atoms with Crippen LogP contribution in [-0.4, -0.2) is 11.1 Å². The summed E-state index contributed by atoms with van der Waals surface area (Å²) in [5, 5.41) is 6.87. The Morgan fingerprint density at radius 2 is 2.00 bits per heavy atom. The number of hydrogen-bond donors (Lipinski definition) is 1. The normalized spacial score (nSPS) is 12.0. The molecule has 0 aliphatic carbocycles. The smallest absolute Gasteiger partial charge is 0.227 e. The molecule has 0 aliphatic rings. The number of nitrogens with zero attached hydrogens (tertiary/aromatic N) is 1. The van der Waals surface area contributed by atoms with Gasteiger partial charge in [0.1, 0.15) is 5.69 Å². The van der Waals surface area contributed by atoms with Gasteiger partial charge in [0, 0.05) is 6.07 Å². The molecule has 3 aromatic rings. The summed E-state index contributed by atoms with van der Waals surface area (Å²) in [4.78, 5) is 12.4. The van der Waals surface area contributed by atoms with Gasteiger partial charge in [0.2, 0.25) is 11.7 Å². The van der Waals surface area contributed by atoms with Crippen LogP contribution in [0.4, 0.5) is 0 Å². The Kier molecular flexibility index (Phi) is 4.57. The van der Waals surface area contributed by atoms with Crippen LogP contribution in [0, 0.1) is 0 Å². The number of hydrogen-bond acceptors (Lipinski definition) is 4. The fraction of sp³-hybridized carbons (Fsp3) is 0.222. The Morgan fingerprint density at radius 3 is 2.70 bits per heavy atom. The van der Waals surface area contributed by atoms with Crippen molar-refractivity contribution in [3.8, 4) is 11.5 Å². The van der Waals surface area contributed by atoms with Crippen LogP contribution >= 0.6 is 0 Å². The van der Waals surface area contributed by atoms with Crippen molar-refractivity contribution in [3.05, 3.63) is 66.1 Å². The van der Waals surface area contributed by atoms with Gasteiger partial charge in [-0.3, -0.25) is 4.79 Å². The minimum absolute atomic E-state index is 0.0127. The molecule has 2 aromatic heterocycles. The van der Waals surface area contributed by atoms with Crippen LogP contribution in [0.25, 0.3) is 11.5 Å². The number of carbonyl (C=O) groups excluding carboxylic acids is 1. The van der Waals surface area contributed by atoms with Crippen LogP contribution in [0.15, 0.2) is 63.7 Å². The molecule has 5 heteroatoms. The Balaban J connectivity index is 1.62. The first kappa shape index (κ1) is 15.1. The molecule has 0 unspecified atom stereocenters. The van der Waals surface area contributed by atoms with Crippen LogP contribution in [-0.2, 0) is 11.3 Å². The van der Waals surface area contributed by atoms with Crippen molar-refractivity contribution in [2.75, 3.05) is 0 Å². The van der Waals surface area contributed by atoms with E-state index in [4.69, 9.17) is 8.94 Å². The summed E-state index contributed by atoms with van der Waals surface area (Å²) in [6.45, 7) is 2.33. The topological polar surface area (TPSA) is 68.3 Å². The molecule has 0 saturated carbocycles. The lowest BCUT2D eigenvalue weighted by atomic mass is 9.96. The second-order valence-electron chi connectivity index (χ2n) is 5.25. The van der Waals surface area contributed by atoms with Gasteiger partial charge in [0.05, 0.1) is 18.7 Å². The SMILES string of the molecule is CC[C@H](C(=O)NCc1cc(-c2ccco2)on1)c1ccccc1. The Bertz CT molecular complexity index is 748. The summed E-state index contributed by atoms with van der Waals surface area (Å²) in [6, 6.07) is 15.1. The zero-order chi connectivity index (χ0) is 16.1. The number of aromatic nitrogens is 1. The fourth-order valence-electron chi connectivity index (χ4n) is 2.49. The summed E-state index contributed by atoms with van der Waals surface area (Å²) >= 11 is 0. The number of nitrogens with one attached hydrogen (secondary N) is 1. The first-order chi connectivity index (χ1) is 11.3. The summed E-state index contributed by atoms with van der Waals surface area (Å²) in [6.07, 6.45) is 2.32. The summed E-state index contributed by atoms with van der Waals surface area (Å²) < 4.78 is 10.5. The van der Waals surface area contributed by atoms with Gasteiger partial charge < -0.3 is 14.3 Å². The molecule has 0 aliphatic heterocycles. The third kappa shape index (κ3) is 3.51. The quantitative estimate of drug-likeness (QED) is 0.753. The predicted molar refractivity (Wildman–Crippen MR) is 85.5 cm³/mol. The molecule has 3 rings (SSSR count). The highest BCUT2D eigenvalue weighted by atomic mass is 16.5. The van der Waals surface area contributed by atoms with Crippen molar-refractivity contribution in [1.29, 1.82) is 0 Å². The van der Waals surface area contributed by atoms with Crippen molar-refractivity contribution in [2.24, 2.45) is 0 Å². The van der Waals surface area contributed by atoms with Crippen molar-refractivity contribution < 1.29 is 13.7 Å². The summed E-state index contributed by atoms with van der Waals surface area (Å²) in [5.74, 6) is 0.994. The lowest BCUT2D eigenvalue weighted by molar-refractivity contribution is -0.122. The van der Waals surface area contributed by atoms with E-state index in [0.29, 0.717) is 23.8 Å². The van der Waals surface area contributed by atoms with E-state index in [-0.39, 0.29) is 11.8 Å². The number of furan rings is 1. The van der Waals surface area contributed by atoms with Crippen molar-refractivity contribution in [2.45, 2.75) is 25.8 Å². The fourth-order valence-corrected chi connectivity index (χ4v) is 2.49. The maximum Gasteiger partial charge on any atom is 0.227 e. The third-order valence-corrected chi connectivity index (χ3v) is 3.69. The first-order valence-corrected chi connectivity index (χ1v) is 7.60. The van der Waals surface area contributed by atoms with E-state index < -0.39 is 0 Å². The predicted octanol–water partition coefficient (Wildman–Crippen LogP) is 3.74. The maximum absolute atomic E-state index is 12.4. The standard InChI is InChI=1S/C18H18N2O3/c1-2-15(13-7-4-3-5-8-13)18(21)19-12-14-11-17(23-20-14)16-9-6-10-22-16/h3-11,15H,2,12H2,1H3,(H,19,21)/t15-/m0/s1. The van der Waals surface area contributed by atoms with Gasteiger partial charge in [-0.2, -0.15) is 0 Å². The maximum atomic E-state index is 12.4. The molecule has 1 atom stereocenters. The molecule has 2 heterocycles. The van der Waals surface area contributed by atoms with E-state index in [2.05, 4.69) is 10.5 Å². The Labute approximate surface area is 134 Å². The Morgan fingerprint density at radius 1 is 1.17 bits per heavy atom. The highest BCUT2D eigenvalue weighted by Crippen LogP contribution is 2.21. The van der Waals surface area contributed by atoms with Crippen LogP contribution in [0.3, 0.4) is 0 Å². The van der Waals surface area contributed by atoms with E-state index in [1.807, 2.05) is 37.3 Å². The molecular formula is C18H18N2O3. The van der Waals surface area contributed by atoms with E-state index in [0.717, 1.165) is 12.0 Å². The third-order valence-electron chi connectivity index (χ3n) is 3.69. The van der Waals surface area contributed by atoms with Gasteiger partial charge in [0.15, 0.2) is 5.76 Å². The molecule has 23 heavy (non-hydrogen) atoms. The van der Waals surface area contributed by atoms with Crippen molar-refractivity contribution in [1.82, 2.24) is 10.5 Å². The van der Waals surface area contributed by atoms with Crippen LogP contribution in [0.1, 0.15) is 30.5 Å². The molecule has 1 aromatic carbocycles. The Hall–Kier alpha value is -2.82. The lowest BCUT2D eigenvalue weighted by Crippen LogP contribution is -2.28. The zero-order valence-corrected chi connectivity index (χ0v) is 12.9. The second-order valence-corrected chi connectivity index (χ2v) is 5.25. The average Bonchev–Trinajstić information content (AvgIpc) is 3.26. The van der Waals surface area contributed by atoms with Gasteiger partial charge in [0.25, 0.3) is 0 Å². The highest BCUT2D eigenvalue weighted by Gasteiger charge is 2.18. The minimum Gasteiger partial charge on any atom is -0.461 e. The molecule has 0 spiro atoms. The van der Waals surface area contributed by atoms with Crippen molar-refractivity contribution >= 4 is 5.91 Å². The van der Waals surface area contributed by atoms with Crippen LogP contribution in [0.2, 0.25) is 0 Å². The highest BCUT2D eigenvalue weighted by molar-refractivity contribution is 5.83. The van der Waals surface area contributed by atoms with Crippen molar-refractivity contribution in [3.63, 3.8) is 0 Å². The minimum atomic E-state index is -0.160. The van der Waals surface area contributed by atoms with E-state index >= 15 is 0 Å². The molecule has 1 N–H and O–H groups in total. The average molecular weight is 310 g/mol. The molecule has 0 radical (unpaired) electrons. The van der Waals surface area contributed by atoms with E-state index in [9.17, 15) is 4.79 Å². The van der Waals surface area contributed by atoms with E-state index in [1.54, 1.807) is 24.5 Å². The monoisotopic (exact) mass is 310 g/mol. The number of amides is 1.